The molecule has 1 aliphatic rings. The molecule has 0 fully saturated rings. The molecule has 0 aromatic heterocycles. The van der Waals surface area contributed by atoms with Crippen LogP contribution in [0.4, 0.5) is 5.69 Å². The zero-order valence-corrected chi connectivity index (χ0v) is 19.3. The Labute approximate surface area is 186 Å². The van der Waals surface area contributed by atoms with Gasteiger partial charge in [0.2, 0.25) is 0 Å². The summed E-state index contributed by atoms with van der Waals surface area (Å²) in [6.07, 6.45) is -0.102. The number of benzene rings is 2. The molecule has 2 aromatic rings. The van der Waals surface area contributed by atoms with Crippen molar-refractivity contribution in [2.45, 2.75) is 32.5 Å². The number of amides is 1. The Morgan fingerprint density at radius 2 is 1.84 bits per heavy atom. The van der Waals surface area contributed by atoms with E-state index in [1.54, 1.807) is 4.90 Å². The summed E-state index contributed by atoms with van der Waals surface area (Å²) in [5, 5.41) is 9.78. The third kappa shape index (κ3) is 5.38. The predicted molar refractivity (Wildman–Crippen MR) is 125 cm³/mol. The summed E-state index contributed by atoms with van der Waals surface area (Å²) < 4.78 is 6.59. The molecule has 6 nitrogen and oxygen atoms in total. The molecule has 2 aromatic carbocycles. The van der Waals surface area contributed by atoms with Gasteiger partial charge in [-0.3, -0.25) is 9.69 Å². The minimum Gasteiger partial charge on any atom is -0.486 e. The highest BCUT2D eigenvalue weighted by atomic mass is 16.5. The monoisotopic (exact) mass is 425 g/mol. The largest absolute Gasteiger partial charge is 0.486 e. The summed E-state index contributed by atoms with van der Waals surface area (Å²) in [7, 11) is 6.01. The van der Waals surface area contributed by atoms with Gasteiger partial charge in [-0.25, -0.2) is 0 Å². The van der Waals surface area contributed by atoms with Crippen molar-refractivity contribution in [2.75, 3.05) is 45.7 Å². The van der Waals surface area contributed by atoms with Crippen molar-refractivity contribution in [3.8, 4) is 5.75 Å². The highest BCUT2D eigenvalue weighted by Crippen LogP contribution is 2.36. The van der Waals surface area contributed by atoms with Gasteiger partial charge in [-0.05, 0) is 31.7 Å². The normalized spacial score (nSPS) is 20.0. The molecule has 1 aliphatic heterocycles. The average molecular weight is 426 g/mol. The number of ether oxygens (including phenoxy) is 1. The van der Waals surface area contributed by atoms with Crippen LogP contribution < -0.4 is 9.64 Å². The smallest absolute Gasteiger partial charge is 0.258 e. The number of hydrogen-bond donors (Lipinski definition) is 1. The first-order chi connectivity index (χ1) is 14.8. The molecule has 0 saturated carbocycles. The van der Waals surface area contributed by atoms with E-state index in [1.165, 1.54) is 5.56 Å². The molecule has 0 unspecified atom stereocenters. The Kier molecular flexibility index (Phi) is 7.57. The van der Waals surface area contributed by atoms with E-state index < -0.39 is 0 Å². The van der Waals surface area contributed by atoms with Crippen LogP contribution in [0, 0.1) is 5.92 Å². The van der Waals surface area contributed by atoms with Gasteiger partial charge in [-0.15, -0.1) is 0 Å². The minimum absolute atomic E-state index is 0.0689. The van der Waals surface area contributed by atoms with Gasteiger partial charge in [0.15, 0.2) is 5.75 Å². The van der Waals surface area contributed by atoms with Crippen LogP contribution in [-0.2, 0) is 6.54 Å². The van der Waals surface area contributed by atoms with Gasteiger partial charge in [0.1, 0.15) is 6.10 Å². The number of aliphatic hydroxyl groups is 1. The molecule has 0 bridgehead atoms. The minimum atomic E-state index is -0.258. The fraction of sp³-hybridized carbons (Fsp3) is 0.480. The second-order valence-corrected chi connectivity index (χ2v) is 8.85. The van der Waals surface area contributed by atoms with Crippen molar-refractivity contribution in [2.24, 2.45) is 5.92 Å². The number of rotatable bonds is 7. The van der Waals surface area contributed by atoms with Gasteiger partial charge in [0.05, 0.1) is 23.9 Å². The molecule has 0 aliphatic carbocycles. The van der Waals surface area contributed by atoms with E-state index in [2.05, 4.69) is 43.1 Å². The van der Waals surface area contributed by atoms with Crippen LogP contribution in [0.25, 0.3) is 0 Å². The molecule has 1 N–H and O–H groups in total. The van der Waals surface area contributed by atoms with Crippen LogP contribution in [0.5, 0.6) is 5.75 Å². The van der Waals surface area contributed by atoms with E-state index >= 15 is 0 Å². The highest BCUT2D eigenvalue weighted by Gasteiger charge is 2.34. The summed E-state index contributed by atoms with van der Waals surface area (Å²) in [6.45, 7) is 6.03. The van der Waals surface area contributed by atoms with Gasteiger partial charge >= 0.3 is 0 Å². The number of anilines is 1. The number of hydrogen-bond acceptors (Lipinski definition) is 5. The topological polar surface area (TPSA) is 56.3 Å². The first-order valence-corrected chi connectivity index (χ1v) is 10.9. The lowest BCUT2D eigenvalue weighted by Crippen LogP contribution is -2.49. The van der Waals surface area contributed by atoms with Crippen LogP contribution in [0.3, 0.4) is 0 Å². The van der Waals surface area contributed by atoms with E-state index in [0.717, 1.165) is 18.8 Å². The molecule has 0 saturated heterocycles. The Morgan fingerprint density at radius 3 is 2.48 bits per heavy atom. The van der Waals surface area contributed by atoms with Gasteiger partial charge in [0, 0.05) is 39.6 Å². The quantitative estimate of drug-likeness (QED) is 0.739. The van der Waals surface area contributed by atoms with Crippen LogP contribution in [-0.4, -0.2) is 73.8 Å². The fourth-order valence-corrected chi connectivity index (χ4v) is 4.06. The lowest BCUT2D eigenvalue weighted by Gasteiger charge is -2.39. The molecule has 0 radical (unpaired) electrons. The van der Waals surface area contributed by atoms with Crippen molar-refractivity contribution in [1.82, 2.24) is 9.80 Å². The lowest BCUT2D eigenvalue weighted by atomic mass is 9.98. The van der Waals surface area contributed by atoms with Crippen molar-refractivity contribution in [3.63, 3.8) is 0 Å². The van der Waals surface area contributed by atoms with E-state index in [4.69, 9.17) is 4.74 Å². The van der Waals surface area contributed by atoms with Gasteiger partial charge in [-0.1, -0.05) is 43.3 Å². The maximum absolute atomic E-state index is 13.4. The van der Waals surface area contributed by atoms with Gasteiger partial charge in [0.25, 0.3) is 5.91 Å². The molecule has 1 amide bonds. The second-order valence-electron chi connectivity index (χ2n) is 8.85. The summed E-state index contributed by atoms with van der Waals surface area (Å²) in [5.41, 5.74) is 2.69. The van der Waals surface area contributed by atoms with Crippen LogP contribution in [0.2, 0.25) is 0 Å². The zero-order valence-electron chi connectivity index (χ0n) is 19.3. The van der Waals surface area contributed by atoms with Crippen molar-refractivity contribution in [1.29, 1.82) is 0 Å². The third-order valence-electron chi connectivity index (χ3n) is 5.94. The number of carbonyl (C=O) groups is 1. The van der Waals surface area contributed by atoms with Crippen molar-refractivity contribution in [3.05, 3.63) is 59.7 Å². The summed E-state index contributed by atoms with van der Waals surface area (Å²) in [6, 6.07) is 15.8. The molecule has 3 rings (SSSR count). The fourth-order valence-electron chi connectivity index (χ4n) is 4.06. The maximum Gasteiger partial charge on any atom is 0.258 e. The SMILES string of the molecule is C[C@@H]1CN([C@@H](C)CO)C(=O)c2cccc(N(C)C)c2O[C@H]1CN(C)Cc1ccccc1. The molecule has 6 heteroatoms. The van der Waals surface area contributed by atoms with Crippen LogP contribution in [0.1, 0.15) is 29.8 Å². The summed E-state index contributed by atoms with van der Waals surface area (Å²) >= 11 is 0. The number of likely N-dealkylation sites (N-methyl/N-ethyl adjacent to an activating group) is 1. The average Bonchev–Trinajstić information content (AvgIpc) is 2.75. The lowest BCUT2D eigenvalue weighted by molar-refractivity contribution is 0.0343. The molecular weight excluding hydrogens is 390 g/mol. The maximum atomic E-state index is 13.4. The first kappa shape index (κ1) is 23.1. The number of fused-ring (bicyclic) bond motifs is 1. The Balaban J connectivity index is 1.94. The molecule has 0 spiro atoms. The molecule has 1 heterocycles. The molecular formula is C25H35N3O3. The standard InChI is InChI=1S/C25H35N3O3/c1-18-14-28(19(2)17-29)25(30)21-12-9-13-22(26(3)4)24(21)31-23(18)16-27(5)15-20-10-7-6-8-11-20/h6-13,18-19,23,29H,14-17H2,1-5H3/t18-,19+,23+/m1/s1. The van der Waals surface area contributed by atoms with Crippen molar-refractivity contribution >= 4 is 11.6 Å². The molecule has 3 atom stereocenters. The van der Waals surface area contributed by atoms with Crippen molar-refractivity contribution < 1.29 is 14.6 Å². The molecule has 168 valence electrons. The number of para-hydroxylation sites is 1. The third-order valence-corrected chi connectivity index (χ3v) is 5.94. The highest BCUT2D eigenvalue weighted by molar-refractivity contribution is 5.99. The van der Waals surface area contributed by atoms with E-state index in [-0.39, 0.29) is 30.6 Å². The van der Waals surface area contributed by atoms with Crippen LogP contribution in [0.15, 0.2) is 48.5 Å². The first-order valence-electron chi connectivity index (χ1n) is 10.9. The van der Waals surface area contributed by atoms with Gasteiger partial charge in [-0.2, -0.15) is 0 Å². The Bertz CT molecular complexity index is 872. The Hall–Kier alpha value is -2.57. The summed E-state index contributed by atoms with van der Waals surface area (Å²) in [5.74, 6) is 0.625. The second kappa shape index (κ2) is 10.2. The number of carbonyl (C=O) groups excluding carboxylic acids is 1. The van der Waals surface area contributed by atoms with E-state index in [0.29, 0.717) is 17.9 Å². The molecule has 31 heavy (non-hydrogen) atoms. The van der Waals surface area contributed by atoms with Gasteiger partial charge < -0.3 is 19.6 Å². The zero-order chi connectivity index (χ0) is 22.5. The number of aliphatic hydroxyl groups excluding tert-OH is 1. The van der Waals surface area contributed by atoms with E-state index in [9.17, 15) is 9.90 Å². The Morgan fingerprint density at radius 1 is 1.13 bits per heavy atom. The predicted octanol–water partition coefficient (Wildman–Crippen LogP) is 3.10. The van der Waals surface area contributed by atoms with Crippen LogP contribution >= 0.6 is 0 Å². The van der Waals surface area contributed by atoms with E-state index in [1.807, 2.05) is 50.2 Å². The summed E-state index contributed by atoms with van der Waals surface area (Å²) in [4.78, 5) is 19.4. The number of nitrogens with zero attached hydrogens (tertiary/aromatic N) is 3.